The molecular weight excluding hydrogens is 436 g/mol. The molecule has 0 bridgehead atoms. The molecule has 0 amide bonds. The predicted molar refractivity (Wildman–Crippen MR) is 116 cm³/mol. The molecule has 0 radical (unpaired) electrons. The van der Waals surface area contributed by atoms with E-state index in [1.165, 1.54) is 4.57 Å². The maximum absolute atomic E-state index is 10.6. The molecule has 0 aliphatic carbocycles. The minimum absolute atomic E-state index is 0.0650. The zero-order chi connectivity index (χ0) is 23.6. The van der Waals surface area contributed by atoms with Gasteiger partial charge in [-0.1, -0.05) is 12.2 Å². The van der Waals surface area contributed by atoms with Crippen LogP contribution in [0.2, 0.25) is 0 Å². The van der Waals surface area contributed by atoms with Crippen molar-refractivity contribution >= 4 is 23.6 Å². The van der Waals surface area contributed by atoms with E-state index in [1.807, 2.05) is 6.07 Å². The lowest BCUT2D eigenvalue weighted by Gasteiger charge is -2.41. The van der Waals surface area contributed by atoms with Gasteiger partial charge in [0.15, 0.2) is 6.23 Å². The summed E-state index contributed by atoms with van der Waals surface area (Å²) in [4.78, 5) is 0. The second-order valence-electron chi connectivity index (χ2n) is 7.34. The molecule has 4 N–H and O–H groups in total. The first-order chi connectivity index (χ1) is 15.2. The lowest BCUT2D eigenvalue weighted by molar-refractivity contribution is -0.252. The van der Waals surface area contributed by atoms with E-state index in [0.29, 0.717) is 28.4 Å². The summed E-state index contributed by atoms with van der Waals surface area (Å²) in [6.07, 6.45) is -7.07. The molecule has 1 saturated heterocycles. The van der Waals surface area contributed by atoms with Crippen LogP contribution in [0.25, 0.3) is 0 Å². The van der Waals surface area contributed by atoms with Gasteiger partial charge in [-0.15, -0.1) is 5.11 Å². The number of benzene rings is 1. The summed E-state index contributed by atoms with van der Waals surface area (Å²) in [6, 6.07) is 8.93. The van der Waals surface area contributed by atoms with Crippen LogP contribution in [-0.4, -0.2) is 63.1 Å². The van der Waals surface area contributed by atoms with Crippen molar-refractivity contribution in [2.75, 3.05) is 13.7 Å². The van der Waals surface area contributed by atoms with Gasteiger partial charge in [0.05, 0.1) is 25.0 Å². The predicted octanol–water partition coefficient (Wildman–Crippen LogP) is 2.10. The Kier molecular flexibility index (Phi) is 7.35. The summed E-state index contributed by atoms with van der Waals surface area (Å²) in [5.74, 6) is 0.666. The molecule has 2 aromatic rings. The summed E-state index contributed by atoms with van der Waals surface area (Å²) in [6.45, 7) is 2.75. The highest BCUT2D eigenvalue weighted by atomic mass is 32.1. The molecule has 1 aromatic carbocycles. The van der Waals surface area contributed by atoms with Gasteiger partial charge >= 0.3 is 0 Å². The highest BCUT2D eigenvalue weighted by Crippen LogP contribution is 2.36. The number of aliphatic hydroxyl groups excluding tert-OH is 4. The maximum atomic E-state index is 10.6. The summed E-state index contributed by atoms with van der Waals surface area (Å²) in [5.41, 5.74) is 1.93. The molecule has 1 fully saturated rings. The van der Waals surface area contributed by atoms with Gasteiger partial charge in [0.2, 0.25) is 0 Å². The Morgan fingerprint density at radius 1 is 1.12 bits per heavy atom. The van der Waals surface area contributed by atoms with Crippen LogP contribution in [-0.2, 0) is 4.74 Å². The number of nitrogens with zero attached hydrogens (tertiary/aromatic N) is 4. The first-order valence-electron chi connectivity index (χ1n) is 9.77. The van der Waals surface area contributed by atoms with Gasteiger partial charge in [0.1, 0.15) is 46.6 Å². The van der Waals surface area contributed by atoms with Crippen LogP contribution in [0, 0.1) is 29.8 Å². The summed E-state index contributed by atoms with van der Waals surface area (Å²) in [7, 11) is 1.56. The standard InChI is InChI=1S/C21H24N4O6S/c1-10-14(8-22)21(32)25(20-19(29)18(28)17(27)15(9-26)31-20)11(2)16(10)24-23-12-4-6-13(30-3)7-5-12/h4-7,15,17-20,26-29H,9H2,1-3H3/t15-,17+,18+,19-,20-/m1/s1. The SMILES string of the molecule is COc1ccc(N=Nc2c(C)c(C#N)c(=S)n([C@@H]3O[C@H](CO)[C@H](O)[C@H](O)[C@H]3O)c2C)cc1. The van der Waals surface area contributed by atoms with Crippen molar-refractivity contribution in [3.8, 4) is 11.8 Å². The average molecular weight is 461 g/mol. The number of methoxy groups -OCH3 is 1. The van der Waals surface area contributed by atoms with Crippen LogP contribution in [0.1, 0.15) is 23.0 Å². The average Bonchev–Trinajstić information content (AvgIpc) is 2.79. The van der Waals surface area contributed by atoms with Crippen molar-refractivity contribution in [3.63, 3.8) is 0 Å². The van der Waals surface area contributed by atoms with E-state index in [0.717, 1.165) is 0 Å². The molecule has 1 aliphatic rings. The van der Waals surface area contributed by atoms with Gasteiger partial charge in [-0.3, -0.25) is 0 Å². The van der Waals surface area contributed by atoms with Gasteiger partial charge < -0.3 is 34.5 Å². The molecule has 32 heavy (non-hydrogen) atoms. The minimum atomic E-state index is -1.59. The molecule has 1 aliphatic heterocycles. The highest BCUT2D eigenvalue weighted by molar-refractivity contribution is 7.71. The van der Waals surface area contributed by atoms with E-state index in [4.69, 9.17) is 21.7 Å². The van der Waals surface area contributed by atoms with Crippen LogP contribution in [0.15, 0.2) is 34.5 Å². The number of rotatable bonds is 5. The fraction of sp³-hybridized carbons (Fsp3) is 0.429. The fourth-order valence-corrected chi connectivity index (χ4v) is 4.01. The highest BCUT2D eigenvalue weighted by Gasteiger charge is 2.45. The number of aromatic nitrogens is 1. The van der Waals surface area contributed by atoms with Gasteiger partial charge in [-0.05, 0) is 43.7 Å². The minimum Gasteiger partial charge on any atom is -0.497 e. The van der Waals surface area contributed by atoms with E-state index in [9.17, 15) is 25.7 Å². The van der Waals surface area contributed by atoms with Crippen LogP contribution in [0.4, 0.5) is 11.4 Å². The van der Waals surface area contributed by atoms with Crippen LogP contribution < -0.4 is 4.74 Å². The second kappa shape index (κ2) is 9.83. The van der Waals surface area contributed by atoms with Crippen LogP contribution >= 0.6 is 12.2 Å². The van der Waals surface area contributed by atoms with Crippen molar-refractivity contribution < 1.29 is 29.9 Å². The molecule has 0 spiro atoms. The maximum Gasteiger partial charge on any atom is 0.164 e. The topological polar surface area (TPSA) is 153 Å². The molecule has 1 aromatic heterocycles. The monoisotopic (exact) mass is 460 g/mol. The van der Waals surface area contributed by atoms with E-state index in [2.05, 4.69) is 10.2 Å². The number of aliphatic hydroxyl groups is 4. The number of ether oxygens (including phenoxy) is 2. The van der Waals surface area contributed by atoms with E-state index in [1.54, 1.807) is 45.2 Å². The normalized spacial score (nSPS) is 25.6. The Balaban J connectivity index is 2.12. The Hall–Kier alpha value is -2.72. The largest absolute Gasteiger partial charge is 0.497 e. The van der Waals surface area contributed by atoms with E-state index < -0.39 is 37.3 Å². The Morgan fingerprint density at radius 3 is 2.34 bits per heavy atom. The fourth-order valence-electron chi connectivity index (χ4n) is 3.57. The van der Waals surface area contributed by atoms with Crippen molar-refractivity contribution in [2.45, 2.75) is 44.5 Å². The van der Waals surface area contributed by atoms with Gasteiger partial charge in [0.25, 0.3) is 0 Å². The molecule has 11 heteroatoms. The molecule has 0 unspecified atom stereocenters. The zero-order valence-corrected chi connectivity index (χ0v) is 18.5. The summed E-state index contributed by atoms with van der Waals surface area (Å²) in [5, 5.41) is 58.6. The number of pyridine rings is 1. The lowest BCUT2D eigenvalue weighted by Crippen LogP contribution is -2.56. The first kappa shape index (κ1) is 23.9. The van der Waals surface area contributed by atoms with E-state index in [-0.39, 0.29) is 10.2 Å². The Bertz CT molecular complexity index is 1110. The second-order valence-corrected chi connectivity index (χ2v) is 7.73. The Labute approximate surface area is 189 Å². The third-order valence-electron chi connectivity index (χ3n) is 5.44. The summed E-state index contributed by atoms with van der Waals surface area (Å²) < 4.78 is 12.2. The number of hydrogen-bond acceptors (Lipinski definition) is 10. The molecule has 0 saturated carbocycles. The lowest BCUT2D eigenvalue weighted by atomic mass is 9.97. The third kappa shape index (κ3) is 4.29. The molecular formula is C21H24N4O6S. The van der Waals surface area contributed by atoms with Gasteiger partial charge in [-0.2, -0.15) is 10.4 Å². The summed E-state index contributed by atoms with van der Waals surface area (Å²) >= 11 is 5.46. The number of nitriles is 1. The number of azo groups is 1. The third-order valence-corrected chi connectivity index (χ3v) is 5.84. The first-order valence-corrected chi connectivity index (χ1v) is 10.2. The van der Waals surface area contributed by atoms with Gasteiger partial charge in [0, 0.05) is 5.69 Å². The zero-order valence-electron chi connectivity index (χ0n) is 17.7. The Morgan fingerprint density at radius 2 is 1.78 bits per heavy atom. The van der Waals surface area contributed by atoms with Crippen LogP contribution in [0.3, 0.4) is 0 Å². The van der Waals surface area contributed by atoms with E-state index >= 15 is 0 Å². The molecule has 170 valence electrons. The molecule has 3 rings (SSSR count). The van der Waals surface area contributed by atoms with Crippen molar-refractivity contribution in [1.82, 2.24) is 4.57 Å². The van der Waals surface area contributed by atoms with Crippen LogP contribution in [0.5, 0.6) is 5.75 Å². The van der Waals surface area contributed by atoms with Crippen molar-refractivity contribution in [1.29, 1.82) is 5.26 Å². The smallest absolute Gasteiger partial charge is 0.164 e. The van der Waals surface area contributed by atoms with Crippen molar-refractivity contribution in [3.05, 3.63) is 45.7 Å². The molecule has 10 nitrogen and oxygen atoms in total. The number of hydrogen-bond donors (Lipinski definition) is 4. The quantitative estimate of drug-likeness (QED) is 0.391. The van der Waals surface area contributed by atoms with Crippen molar-refractivity contribution in [2.24, 2.45) is 10.2 Å². The molecule has 5 atom stereocenters. The van der Waals surface area contributed by atoms with Gasteiger partial charge in [-0.25, -0.2) is 0 Å². The molecule has 2 heterocycles.